The smallest absolute Gasteiger partial charge is 0.300 e. The normalized spacial score (nSPS) is 13.8. The lowest BCUT2D eigenvalue weighted by Gasteiger charge is -2.22. The molecule has 40 heavy (non-hydrogen) atoms. The highest BCUT2D eigenvalue weighted by Gasteiger charge is 2.34. The van der Waals surface area contributed by atoms with Gasteiger partial charge in [-0.25, -0.2) is 4.98 Å². The molecule has 1 aliphatic rings. The van der Waals surface area contributed by atoms with Crippen LogP contribution in [0.5, 0.6) is 0 Å². The summed E-state index contributed by atoms with van der Waals surface area (Å²) < 4.78 is 2.51. The lowest BCUT2D eigenvalue weighted by atomic mass is 9.49. The van der Waals surface area contributed by atoms with Gasteiger partial charge in [-0.2, -0.15) is 0 Å². The summed E-state index contributed by atoms with van der Waals surface area (Å²) in [5.74, 6) is 1.04. The minimum absolute atomic E-state index is 0.116. The highest BCUT2D eigenvalue weighted by atomic mass is 15.0. The number of allylic oxidation sites excluding steroid dienone is 1. The molecule has 2 nitrogen and oxygen atoms in total. The van der Waals surface area contributed by atoms with Crippen LogP contribution in [0.1, 0.15) is 27.8 Å². The van der Waals surface area contributed by atoms with E-state index >= 15 is 0 Å². The van der Waals surface area contributed by atoms with E-state index in [2.05, 4.69) is 147 Å². The Kier molecular flexibility index (Phi) is 6.01. The van der Waals surface area contributed by atoms with E-state index in [1.807, 2.05) is 0 Å². The molecule has 192 valence electrons. The monoisotopic (exact) mass is 514 g/mol. The highest BCUT2D eigenvalue weighted by Crippen LogP contribution is 2.41. The molecule has 0 saturated heterocycles. The van der Waals surface area contributed by atoms with Gasteiger partial charge in [-0.05, 0) is 78.6 Å². The van der Waals surface area contributed by atoms with E-state index in [9.17, 15) is 0 Å². The second kappa shape index (κ2) is 9.84. The topological polar surface area (TPSA) is 17.8 Å². The van der Waals surface area contributed by atoms with Gasteiger partial charge in [0.1, 0.15) is 5.82 Å². The predicted octanol–water partition coefficient (Wildman–Crippen LogP) is 8.60. The lowest BCUT2D eigenvalue weighted by Crippen LogP contribution is -2.41. The van der Waals surface area contributed by atoms with Gasteiger partial charge in [0.05, 0.1) is 11.0 Å². The van der Waals surface area contributed by atoms with Gasteiger partial charge in [0.25, 0.3) is 0 Å². The molecule has 0 saturated carbocycles. The molecule has 0 spiro atoms. The molecule has 0 aliphatic carbocycles. The Balaban J connectivity index is 1.56. The molecule has 0 amide bonds. The first-order valence-electron chi connectivity index (χ1n) is 14.1. The zero-order chi connectivity index (χ0) is 27.2. The summed E-state index contributed by atoms with van der Waals surface area (Å²) in [5, 5.41) is 0. The van der Waals surface area contributed by atoms with Crippen LogP contribution < -0.4 is 5.46 Å². The first-order chi connectivity index (χ1) is 19.6. The predicted molar refractivity (Wildman–Crippen MR) is 171 cm³/mol. The second-order valence-corrected chi connectivity index (χ2v) is 11.0. The second-order valence-electron chi connectivity index (χ2n) is 11.0. The number of nitrogens with zero attached hydrogens (tertiary/aromatic N) is 2. The van der Waals surface area contributed by atoms with Crippen LogP contribution in [0.3, 0.4) is 0 Å². The standard InChI is InChI=1S/C37H31BN2/c1-25-20-26(2)36(27(3)21-25)38-24-31(22-28-12-6-4-7-13-28)32-19-18-30(29-14-8-5-9-15-29)23-33(32)37-39-34-16-10-11-17-35(34)40(37)38/h4-23H,24H2,1-3H3/b31-22-. The van der Waals surface area contributed by atoms with Crippen LogP contribution in [0.15, 0.2) is 115 Å². The maximum absolute atomic E-state index is 5.32. The van der Waals surface area contributed by atoms with Crippen molar-refractivity contribution in [2.45, 2.75) is 27.1 Å². The zero-order valence-corrected chi connectivity index (χ0v) is 23.2. The van der Waals surface area contributed by atoms with Crippen LogP contribution in [0.2, 0.25) is 6.32 Å². The van der Waals surface area contributed by atoms with Gasteiger partial charge in [0.15, 0.2) is 0 Å². The molecule has 0 atom stereocenters. The fourth-order valence-corrected chi connectivity index (χ4v) is 6.61. The molecule has 0 radical (unpaired) electrons. The molecule has 0 bridgehead atoms. The Hall–Kier alpha value is -4.63. The summed E-state index contributed by atoms with van der Waals surface area (Å²) in [4.78, 5) is 5.32. The van der Waals surface area contributed by atoms with Gasteiger partial charge in [0, 0.05) is 5.56 Å². The van der Waals surface area contributed by atoms with E-state index in [0.717, 1.165) is 17.7 Å². The maximum atomic E-state index is 5.32. The summed E-state index contributed by atoms with van der Waals surface area (Å²) in [5.41, 5.74) is 15.0. The van der Waals surface area contributed by atoms with Crippen molar-refractivity contribution in [3.8, 4) is 22.5 Å². The van der Waals surface area contributed by atoms with Gasteiger partial charge in [0.2, 0.25) is 0 Å². The van der Waals surface area contributed by atoms with Crippen molar-refractivity contribution in [2.24, 2.45) is 0 Å². The Morgan fingerprint density at radius 3 is 2.10 bits per heavy atom. The fourth-order valence-electron chi connectivity index (χ4n) is 6.61. The van der Waals surface area contributed by atoms with Crippen molar-refractivity contribution in [1.29, 1.82) is 0 Å². The molecular weight excluding hydrogens is 483 g/mol. The Morgan fingerprint density at radius 2 is 1.35 bits per heavy atom. The van der Waals surface area contributed by atoms with E-state index in [4.69, 9.17) is 4.98 Å². The van der Waals surface area contributed by atoms with Crippen molar-refractivity contribution < 1.29 is 0 Å². The van der Waals surface area contributed by atoms with E-state index < -0.39 is 0 Å². The van der Waals surface area contributed by atoms with Crippen LogP contribution in [-0.2, 0) is 0 Å². The van der Waals surface area contributed by atoms with E-state index in [1.54, 1.807) is 0 Å². The maximum Gasteiger partial charge on any atom is 0.300 e. The van der Waals surface area contributed by atoms with Crippen molar-refractivity contribution in [3.05, 3.63) is 143 Å². The third kappa shape index (κ3) is 4.19. The van der Waals surface area contributed by atoms with Crippen LogP contribution in [0, 0.1) is 20.8 Å². The van der Waals surface area contributed by atoms with Crippen molar-refractivity contribution in [2.75, 3.05) is 0 Å². The Bertz CT molecular complexity index is 1880. The molecule has 0 fully saturated rings. The number of hydrogen-bond acceptors (Lipinski definition) is 1. The summed E-state index contributed by atoms with van der Waals surface area (Å²) >= 11 is 0. The molecule has 0 N–H and O–H groups in total. The SMILES string of the molecule is Cc1cc(C)c(B2C/C(=C/c3ccccc3)c3ccc(-c4ccccc4)cc3-c3nc4ccccc4n32)c(C)c1. The highest BCUT2D eigenvalue weighted by molar-refractivity contribution is 6.75. The van der Waals surface area contributed by atoms with Crippen LogP contribution >= 0.6 is 0 Å². The summed E-state index contributed by atoms with van der Waals surface area (Å²) in [6.07, 6.45) is 3.26. The summed E-state index contributed by atoms with van der Waals surface area (Å²) in [6.45, 7) is 6.84. The lowest BCUT2D eigenvalue weighted by molar-refractivity contribution is 1.20. The van der Waals surface area contributed by atoms with Gasteiger partial charge in [-0.15, -0.1) is 0 Å². The van der Waals surface area contributed by atoms with Gasteiger partial charge in [-0.3, -0.25) is 0 Å². The number of rotatable bonds is 3. The molecule has 3 heteroatoms. The largest absolute Gasteiger partial charge is 0.364 e. The average molecular weight is 514 g/mol. The minimum Gasteiger partial charge on any atom is -0.364 e. The van der Waals surface area contributed by atoms with Crippen molar-refractivity contribution >= 4 is 35.0 Å². The first kappa shape index (κ1) is 24.4. The number of benzene rings is 5. The molecular formula is C37H31BN2. The Labute approximate surface area is 236 Å². The minimum atomic E-state index is 0.116. The average Bonchev–Trinajstić information content (AvgIpc) is 3.30. The van der Waals surface area contributed by atoms with Gasteiger partial charge in [-0.1, -0.05) is 120 Å². The molecule has 7 rings (SSSR count). The molecule has 1 aromatic heterocycles. The molecule has 1 aliphatic heterocycles. The van der Waals surface area contributed by atoms with Crippen LogP contribution in [0.4, 0.5) is 0 Å². The number of aromatic nitrogens is 2. The molecule has 6 aromatic rings. The molecule has 2 heterocycles. The number of imidazole rings is 1. The fraction of sp³-hybridized carbons (Fsp3) is 0.108. The molecule has 5 aromatic carbocycles. The number of para-hydroxylation sites is 2. The van der Waals surface area contributed by atoms with E-state index in [0.29, 0.717) is 0 Å². The number of fused-ring (bicyclic) bond motifs is 5. The number of hydrogen-bond donors (Lipinski definition) is 0. The molecule has 0 unspecified atom stereocenters. The summed E-state index contributed by atoms with van der Waals surface area (Å²) in [7, 11) is 0. The van der Waals surface area contributed by atoms with Gasteiger partial charge >= 0.3 is 6.85 Å². The van der Waals surface area contributed by atoms with Crippen molar-refractivity contribution in [1.82, 2.24) is 9.46 Å². The van der Waals surface area contributed by atoms with Crippen LogP contribution in [0.25, 0.3) is 45.2 Å². The van der Waals surface area contributed by atoms with E-state index in [1.165, 1.54) is 61.1 Å². The quantitative estimate of drug-likeness (QED) is 0.216. The van der Waals surface area contributed by atoms with E-state index in [-0.39, 0.29) is 6.85 Å². The zero-order valence-electron chi connectivity index (χ0n) is 23.2. The first-order valence-corrected chi connectivity index (χ1v) is 14.1. The third-order valence-corrected chi connectivity index (χ3v) is 8.25. The number of aryl methyl sites for hydroxylation is 3. The summed E-state index contributed by atoms with van der Waals surface area (Å²) in [6, 6.07) is 41.5. The van der Waals surface area contributed by atoms with Gasteiger partial charge < -0.3 is 4.48 Å². The Morgan fingerprint density at radius 1 is 0.675 bits per heavy atom. The van der Waals surface area contributed by atoms with Crippen LogP contribution in [-0.4, -0.2) is 16.3 Å². The third-order valence-electron chi connectivity index (χ3n) is 8.25. The van der Waals surface area contributed by atoms with Crippen molar-refractivity contribution in [3.63, 3.8) is 0 Å².